The number of rotatable bonds is 4. The third-order valence-electron chi connectivity index (χ3n) is 3.59. The minimum absolute atomic E-state index is 0.155. The number of benzene rings is 1. The van der Waals surface area contributed by atoms with Crippen LogP contribution in [0.1, 0.15) is 16.8 Å². The summed E-state index contributed by atoms with van der Waals surface area (Å²) in [6.45, 7) is 2.67. The van der Waals surface area contributed by atoms with Crippen molar-refractivity contribution < 1.29 is 9.90 Å². The molecule has 0 bridgehead atoms. The Bertz CT molecular complexity index is 900. The molecule has 0 amide bonds. The number of hydrogen-bond donors (Lipinski definition) is 1. The second-order valence-electron chi connectivity index (χ2n) is 5.11. The molecular formula is C15H14Cl2N2O4. The van der Waals surface area contributed by atoms with E-state index < -0.39 is 23.8 Å². The van der Waals surface area contributed by atoms with Gasteiger partial charge < -0.3 is 5.11 Å². The van der Waals surface area contributed by atoms with Gasteiger partial charge in [0.05, 0.1) is 16.6 Å². The maximum atomic E-state index is 12.5. The molecule has 0 saturated heterocycles. The lowest BCUT2D eigenvalue weighted by Crippen LogP contribution is -2.44. The van der Waals surface area contributed by atoms with Gasteiger partial charge in [0.15, 0.2) is 0 Å². The molecule has 1 heterocycles. The fourth-order valence-corrected chi connectivity index (χ4v) is 2.54. The molecule has 0 fully saturated rings. The topological polar surface area (TPSA) is 81.3 Å². The summed E-state index contributed by atoms with van der Waals surface area (Å²) < 4.78 is 2.06. The number of aliphatic carboxylic acids is 1. The number of hydrogen-bond acceptors (Lipinski definition) is 3. The maximum absolute atomic E-state index is 12.5. The number of carboxylic acid groups (broad SMARTS) is 1. The van der Waals surface area contributed by atoms with E-state index in [9.17, 15) is 14.4 Å². The Morgan fingerprint density at radius 2 is 1.78 bits per heavy atom. The largest absolute Gasteiger partial charge is 0.480 e. The number of nitrogens with zero attached hydrogens (tertiary/aromatic N) is 2. The third-order valence-corrected chi connectivity index (χ3v) is 4.33. The Morgan fingerprint density at radius 3 is 2.35 bits per heavy atom. The van der Waals surface area contributed by atoms with E-state index in [0.717, 1.165) is 0 Å². The molecule has 0 radical (unpaired) electrons. The van der Waals surface area contributed by atoms with Gasteiger partial charge in [0, 0.05) is 11.3 Å². The van der Waals surface area contributed by atoms with Crippen LogP contribution in [-0.4, -0.2) is 20.2 Å². The molecule has 0 aliphatic rings. The van der Waals surface area contributed by atoms with E-state index in [2.05, 4.69) is 0 Å². The molecule has 122 valence electrons. The molecule has 0 saturated carbocycles. The molecule has 0 atom stereocenters. The average molecular weight is 357 g/mol. The SMILES string of the molecule is Cc1c(C)n(Cc2ccc(Cl)c(Cl)c2)c(=O)n(CC(=O)O)c1=O. The molecule has 2 aromatic rings. The Labute approximate surface area is 141 Å². The summed E-state index contributed by atoms with van der Waals surface area (Å²) >= 11 is 11.8. The minimum Gasteiger partial charge on any atom is -0.480 e. The third kappa shape index (κ3) is 3.48. The number of halogens is 2. The van der Waals surface area contributed by atoms with Crippen LogP contribution in [0.3, 0.4) is 0 Å². The predicted octanol–water partition coefficient (Wildman–Crippen LogP) is 2.07. The van der Waals surface area contributed by atoms with Gasteiger partial charge in [-0.25, -0.2) is 9.36 Å². The predicted molar refractivity (Wildman–Crippen MR) is 87.6 cm³/mol. The fraction of sp³-hybridized carbons (Fsp3) is 0.267. The molecular weight excluding hydrogens is 343 g/mol. The minimum atomic E-state index is -1.26. The molecule has 0 unspecified atom stereocenters. The highest BCUT2D eigenvalue weighted by atomic mass is 35.5. The van der Waals surface area contributed by atoms with Crippen molar-refractivity contribution in [1.29, 1.82) is 0 Å². The van der Waals surface area contributed by atoms with E-state index in [1.165, 1.54) is 4.57 Å². The van der Waals surface area contributed by atoms with Crippen molar-refractivity contribution in [3.63, 3.8) is 0 Å². The van der Waals surface area contributed by atoms with Crippen LogP contribution in [0.4, 0.5) is 0 Å². The van der Waals surface area contributed by atoms with Crippen LogP contribution in [0.25, 0.3) is 0 Å². The van der Waals surface area contributed by atoms with Crippen molar-refractivity contribution in [2.24, 2.45) is 0 Å². The van der Waals surface area contributed by atoms with Gasteiger partial charge in [-0.1, -0.05) is 29.3 Å². The van der Waals surface area contributed by atoms with E-state index in [1.807, 2.05) is 0 Å². The van der Waals surface area contributed by atoms with Crippen molar-refractivity contribution in [1.82, 2.24) is 9.13 Å². The fourth-order valence-electron chi connectivity index (χ4n) is 2.22. The second kappa shape index (κ2) is 6.60. The first-order chi connectivity index (χ1) is 10.7. The summed E-state index contributed by atoms with van der Waals surface area (Å²) in [6, 6.07) is 4.94. The first-order valence-corrected chi connectivity index (χ1v) is 7.44. The van der Waals surface area contributed by atoms with Crippen molar-refractivity contribution in [3.05, 3.63) is 65.9 Å². The molecule has 1 aromatic heterocycles. The van der Waals surface area contributed by atoms with Gasteiger partial charge in [0.25, 0.3) is 5.56 Å². The first kappa shape index (κ1) is 17.3. The zero-order chi connectivity index (χ0) is 17.3. The van der Waals surface area contributed by atoms with E-state index in [-0.39, 0.29) is 6.54 Å². The summed E-state index contributed by atoms with van der Waals surface area (Å²) in [5.41, 5.74) is 0.245. The number of carboxylic acids is 1. The van der Waals surface area contributed by atoms with Crippen molar-refractivity contribution in [3.8, 4) is 0 Å². The summed E-state index contributed by atoms with van der Waals surface area (Å²) in [5, 5.41) is 9.63. The van der Waals surface area contributed by atoms with Gasteiger partial charge in [-0.2, -0.15) is 0 Å². The Balaban J connectivity index is 2.60. The quantitative estimate of drug-likeness (QED) is 0.908. The van der Waals surface area contributed by atoms with Crippen LogP contribution in [0.2, 0.25) is 10.0 Å². The highest BCUT2D eigenvalue weighted by Crippen LogP contribution is 2.23. The molecule has 1 N–H and O–H groups in total. The van der Waals surface area contributed by atoms with Crippen molar-refractivity contribution >= 4 is 29.2 Å². The molecule has 0 aliphatic carbocycles. The standard InChI is InChI=1S/C15H14Cl2N2O4/c1-8-9(2)18(6-10-3-4-11(16)12(17)5-10)15(23)19(14(8)22)7-13(20)21/h3-5H,6-7H2,1-2H3,(H,20,21). The monoisotopic (exact) mass is 356 g/mol. The van der Waals surface area contributed by atoms with Crippen LogP contribution in [0.5, 0.6) is 0 Å². The smallest absolute Gasteiger partial charge is 0.332 e. The van der Waals surface area contributed by atoms with Gasteiger partial charge in [-0.15, -0.1) is 0 Å². The van der Waals surface area contributed by atoms with Gasteiger partial charge in [-0.3, -0.25) is 14.2 Å². The maximum Gasteiger partial charge on any atom is 0.332 e. The summed E-state index contributed by atoms with van der Waals surface area (Å²) in [6.07, 6.45) is 0. The lowest BCUT2D eigenvalue weighted by Gasteiger charge is -2.15. The molecule has 6 nitrogen and oxygen atoms in total. The lowest BCUT2D eigenvalue weighted by atomic mass is 10.2. The molecule has 0 spiro atoms. The van der Waals surface area contributed by atoms with Gasteiger partial charge in [0.2, 0.25) is 0 Å². The van der Waals surface area contributed by atoms with Crippen LogP contribution in [0, 0.1) is 13.8 Å². The average Bonchev–Trinajstić information content (AvgIpc) is 2.49. The second-order valence-corrected chi connectivity index (χ2v) is 5.93. The molecule has 2 rings (SSSR count). The van der Waals surface area contributed by atoms with Crippen LogP contribution < -0.4 is 11.2 Å². The Kier molecular flexibility index (Phi) is 4.97. The molecule has 0 aliphatic heterocycles. The van der Waals surface area contributed by atoms with Crippen LogP contribution >= 0.6 is 23.2 Å². The number of aromatic nitrogens is 2. The first-order valence-electron chi connectivity index (χ1n) is 6.69. The normalized spacial score (nSPS) is 10.8. The molecule has 8 heteroatoms. The lowest BCUT2D eigenvalue weighted by molar-refractivity contribution is -0.137. The zero-order valence-corrected chi connectivity index (χ0v) is 14.0. The highest BCUT2D eigenvalue weighted by Gasteiger charge is 2.15. The van der Waals surface area contributed by atoms with E-state index >= 15 is 0 Å². The van der Waals surface area contributed by atoms with Gasteiger partial charge in [0.1, 0.15) is 6.54 Å². The summed E-state index contributed by atoms with van der Waals surface area (Å²) in [4.78, 5) is 35.4. The molecule has 1 aromatic carbocycles. The summed E-state index contributed by atoms with van der Waals surface area (Å²) in [7, 11) is 0. The van der Waals surface area contributed by atoms with Gasteiger partial charge >= 0.3 is 11.7 Å². The highest BCUT2D eigenvalue weighted by molar-refractivity contribution is 6.42. The molecule has 23 heavy (non-hydrogen) atoms. The van der Waals surface area contributed by atoms with Gasteiger partial charge in [-0.05, 0) is 31.5 Å². The Morgan fingerprint density at radius 1 is 1.13 bits per heavy atom. The number of carbonyl (C=O) groups is 1. The zero-order valence-electron chi connectivity index (χ0n) is 12.5. The van der Waals surface area contributed by atoms with E-state index in [1.54, 1.807) is 32.0 Å². The van der Waals surface area contributed by atoms with Crippen LogP contribution in [0.15, 0.2) is 27.8 Å². The van der Waals surface area contributed by atoms with Crippen molar-refractivity contribution in [2.75, 3.05) is 0 Å². The van der Waals surface area contributed by atoms with Crippen LogP contribution in [-0.2, 0) is 17.9 Å². The van der Waals surface area contributed by atoms with E-state index in [4.69, 9.17) is 28.3 Å². The Hall–Kier alpha value is -2.05. The van der Waals surface area contributed by atoms with E-state index in [0.29, 0.717) is 31.4 Å². The summed E-state index contributed by atoms with van der Waals surface area (Å²) in [5.74, 6) is -1.26. The van der Waals surface area contributed by atoms with Crippen molar-refractivity contribution in [2.45, 2.75) is 26.9 Å².